The average molecular weight is 384 g/mol. The third-order valence-electron chi connectivity index (χ3n) is 5.27. The summed E-state index contributed by atoms with van der Waals surface area (Å²) in [5, 5.41) is 5.01. The van der Waals surface area contributed by atoms with Crippen molar-refractivity contribution in [2.24, 2.45) is 0 Å². The Morgan fingerprint density at radius 3 is 2.48 bits per heavy atom. The smallest absolute Gasteiger partial charge is 0.264 e. The van der Waals surface area contributed by atoms with Crippen LogP contribution in [0.4, 0.5) is 0 Å². The van der Waals surface area contributed by atoms with E-state index >= 15 is 0 Å². The summed E-state index contributed by atoms with van der Waals surface area (Å²) in [4.78, 5) is 30.0. The third-order valence-corrected chi connectivity index (χ3v) is 6.18. The molecule has 0 radical (unpaired) electrons. The number of hydrogen-bond donors (Lipinski definition) is 1. The van der Waals surface area contributed by atoms with Gasteiger partial charge >= 0.3 is 0 Å². The van der Waals surface area contributed by atoms with Crippen LogP contribution in [0.25, 0.3) is 0 Å². The Kier molecular flexibility index (Phi) is 5.55. The normalized spacial score (nSPS) is 17.7. The fourth-order valence-electron chi connectivity index (χ4n) is 3.52. The van der Waals surface area contributed by atoms with Gasteiger partial charge in [0.1, 0.15) is 0 Å². The molecule has 1 saturated carbocycles. The van der Waals surface area contributed by atoms with Crippen LogP contribution < -0.4 is 5.32 Å². The first-order chi connectivity index (χ1) is 13.2. The highest BCUT2D eigenvalue weighted by molar-refractivity contribution is 7.12. The van der Waals surface area contributed by atoms with Gasteiger partial charge in [-0.15, -0.1) is 11.3 Å². The maximum atomic E-state index is 12.8. The summed E-state index contributed by atoms with van der Waals surface area (Å²) in [6.07, 6.45) is 2.42. The molecular formula is C21H25N3O2S. The van der Waals surface area contributed by atoms with Gasteiger partial charge in [-0.1, -0.05) is 30.3 Å². The van der Waals surface area contributed by atoms with E-state index in [0.29, 0.717) is 32.1 Å². The van der Waals surface area contributed by atoms with Crippen LogP contribution in [-0.4, -0.2) is 54.3 Å². The van der Waals surface area contributed by atoms with Gasteiger partial charge in [0.15, 0.2) is 0 Å². The zero-order chi connectivity index (χ0) is 18.6. The van der Waals surface area contributed by atoms with Gasteiger partial charge in [0, 0.05) is 32.7 Å². The summed E-state index contributed by atoms with van der Waals surface area (Å²) in [6, 6.07) is 12.0. The Labute approximate surface area is 164 Å². The summed E-state index contributed by atoms with van der Waals surface area (Å²) in [7, 11) is 0. The highest BCUT2D eigenvalue weighted by Crippen LogP contribution is 2.43. The topological polar surface area (TPSA) is 52.7 Å². The molecule has 0 unspecified atom stereocenters. The van der Waals surface area contributed by atoms with Crippen molar-refractivity contribution in [1.29, 1.82) is 0 Å². The first-order valence-electron chi connectivity index (χ1n) is 9.60. The van der Waals surface area contributed by atoms with Crippen molar-refractivity contribution in [2.45, 2.75) is 25.3 Å². The number of benzene rings is 1. The Balaban J connectivity index is 1.23. The number of rotatable bonds is 6. The molecule has 142 valence electrons. The molecule has 2 aromatic rings. The van der Waals surface area contributed by atoms with Crippen molar-refractivity contribution in [3.05, 3.63) is 57.8 Å². The molecule has 1 N–H and O–H groups in total. The number of nitrogens with zero attached hydrogens (tertiary/aromatic N) is 2. The molecular weight excluding hydrogens is 358 g/mol. The molecule has 1 aromatic carbocycles. The van der Waals surface area contributed by atoms with Gasteiger partial charge in [0.05, 0.1) is 11.4 Å². The zero-order valence-electron chi connectivity index (χ0n) is 15.4. The molecule has 0 atom stereocenters. The third kappa shape index (κ3) is 4.57. The Morgan fingerprint density at radius 1 is 1.04 bits per heavy atom. The summed E-state index contributed by atoms with van der Waals surface area (Å²) in [5.74, 6) is 0.804. The molecule has 6 heteroatoms. The lowest BCUT2D eigenvalue weighted by Crippen LogP contribution is -2.51. The molecule has 2 fully saturated rings. The summed E-state index contributed by atoms with van der Waals surface area (Å²) < 4.78 is 0. The molecule has 0 bridgehead atoms. The number of nitrogens with one attached hydrogen (secondary N) is 1. The maximum Gasteiger partial charge on any atom is 0.264 e. The summed E-state index contributed by atoms with van der Waals surface area (Å²) >= 11 is 1.57. The van der Waals surface area contributed by atoms with Crippen LogP contribution in [0, 0.1) is 0 Å². The standard InChI is InChI=1S/C21H25N3O2S/c25-19(22-14-16-4-2-1-3-5-16)15-23-9-11-24(12-10-23)21(26)20-18(8-13-27-20)17-6-7-17/h1-5,8,13,17H,6-7,9-12,14-15H2,(H,22,25). The van der Waals surface area contributed by atoms with E-state index in [1.807, 2.05) is 40.6 Å². The summed E-state index contributed by atoms with van der Waals surface area (Å²) in [6.45, 7) is 3.81. The molecule has 2 amide bonds. The second kappa shape index (κ2) is 8.23. The minimum atomic E-state index is 0.0351. The number of carbonyl (C=O) groups excluding carboxylic acids is 2. The lowest BCUT2D eigenvalue weighted by molar-refractivity contribution is -0.122. The first-order valence-corrected chi connectivity index (χ1v) is 10.5. The van der Waals surface area contributed by atoms with Crippen LogP contribution >= 0.6 is 11.3 Å². The quantitative estimate of drug-likeness (QED) is 0.834. The SMILES string of the molecule is O=C(CN1CCN(C(=O)c2sccc2C2CC2)CC1)NCc1ccccc1. The van der Waals surface area contributed by atoms with Gasteiger partial charge in [-0.25, -0.2) is 0 Å². The molecule has 0 spiro atoms. The maximum absolute atomic E-state index is 12.8. The second-order valence-electron chi connectivity index (χ2n) is 7.31. The largest absolute Gasteiger partial charge is 0.351 e. The van der Waals surface area contributed by atoms with Gasteiger partial charge in [-0.3, -0.25) is 14.5 Å². The Bertz CT molecular complexity index is 793. The monoisotopic (exact) mass is 383 g/mol. The molecule has 4 rings (SSSR count). The average Bonchev–Trinajstić information content (AvgIpc) is 3.43. The zero-order valence-corrected chi connectivity index (χ0v) is 16.2. The number of piperazine rings is 1. The van der Waals surface area contributed by atoms with E-state index in [1.165, 1.54) is 18.4 Å². The summed E-state index contributed by atoms with van der Waals surface area (Å²) in [5.41, 5.74) is 2.34. The van der Waals surface area contributed by atoms with Crippen LogP contribution in [0.2, 0.25) is 0 Å². The lowest BCUT2D eigenvalue weighted by Gasteiger charge is -2.34. The predicted molar refractivity (Wildman–Crippen MR) is 107 cm³/mol. The molecule has 27 heavy (non-hydrogen) atoms. The van der Waals surface area contributed by atoms with Crippen LogP contribution in [0.3, 0.4) is 0 Å². The van der Waals surface area contributed by atoms with Gasteiger partial charge in [0.2, 0.25) is 5.91 Å². The van der Waals surface area contributed by atoms with E-state index in [0.717, 1.165) is 23.5 Å². The van der Waals surface area contributed by atoms with E-state index in [9.17, 15) is 9.59 Å². The fourth-order valence-corrected chi connectivity index (χ4v) is 4.47. The fraction of sp³-hybridized carbons (Fsp3) is 0.429. The molecule has 1 aliphatic carbocycles. The van der Waals surface area contributed by atoms with E-state index < -0.39 is 0 Å². The molecule has 1 aliphatic heterocycles. The highest BCUT2D eigenvalue weighted by Gasteiger charge is 2.31. The van der Waals surface area contributed by atoms with E-state index in [1.54, 1.807) is 11.3 Å². The first kappa shape index (κ1) is 18.2. The van der Waals surface area contributed by atoms with E-state index in [-0.39, 0.29) is 11.8 Å². The van der Waals surface area contributed by atoms with Crippen molar-refractivity contribution >= 4 is 23.2 Å². The molecule has 2 heterocycles. The predicted octanol–water partition coefficient (Wildman–Crippen LogP) is 2.70. The number of hydrogen-bond acceptors (Lipinski definition) is 4. The number of amides is 2. The van der Waals surface area contributed by atoms with E-state index in [4.69, 9.17) is 0 Å². The minimum Gasteiger partial charge on any atom is -0.351 e. The number of thiophene rings is 1. The van der Waals surface area contributed by atoms with Crippen molar-refractivity contribution in [3.8, 4) is 0 Å². The molecule has 1 saturated heterocycles. The molecule has 1 aromatic heterocycles. The molecule has 5 nitrogen and oxygen atoms in total. The minimum absolute atomic E-state index is 0.0351. The highest BCUT2D eigenvalue weighted by atomic mass is 32.1. The van der Waals surface area contributed by atoms with Crippen LogP contribution in [0.1, 0.15) is 39.6 Å². The van der Waals surface area contributed by atoms with Gasteiger partial charge in [-0.05, 0) is 41.3 Å². The van der Waals surface area contributed by atoms with Crippen molar-refractivity contribution < 1.29 is 9.59 Å². The van der Waals surface area contributed by atoms with Crippen molar-refractivity contribution in [3.63, 3.8) is 0 Å². The lowest BCUT2D eigenvalue weighted by atomic mass is 10.1. The van der Waals surface area contributed by atoms with Crippen LogP contribution in [-0.2, 0) is 11.3 Å². The van der Waals surface area contributed by atoms with Gasteiger partial charge in [-0.2, -0.15) is 0 Å². The van der Waals surface area contributed by atoms with E-state index in [2.05, 4.69) is 16.3 Å². The van der Waals surface area contributed by atoms with Gasteiger partial charge < -0.3 is 10.2 Å². The molecule has 2 aliphatic rings. The van der Waals surface area contributed by atoms with Crippen molar-refractivity contribution in [1.82, 2.24) is 15.1 Å². The van der Waals surface area contributed by atoms with Crippen molar-refractivity contribution in [2.75, 3.05) is 32.7 Å². The second-order valence-corrected chi connectivity index (χ2v) is 8.23. The van der Waals surface area contributed by atoms with Crippen LogP contribution in [0.5, 0.6) is 0 Å². The Hall–Kier alpha value is -2.18. The van der Waals surface area contributed by atoms with Gasteiger partial charge in [0.25, 0.3) is 5.91 Å². The Morgan fingerprint density at radius 2 is 1.78 bits per heavy atom. The number of carbonyl (C=O) groups is 2. The van der Waals surface area contributed by atoms with Crippen LogP contribution in [0.15, 0.2) is 41.8 Å².